The van der Waals surface area contributed by atoms with Crippen molar-refractivity contribution in [2.45, 2.75) is 44.8 Å². The Morgan fingerprint density at radius 3 is 2.92 bits per heavy atom. The maximum atomic E-state index is 12.3. The Labute approximate surface area is 142 Å². The third-order valence-electron chi connectivity index (χ3n) is 4.70. The zero-order valence-electron chi connectivity index (χ0n) is 14.1. The number of aromatic nitrogens is 3. The molecule has 1 aliphatic heterocycles. The highest BCUT2D eigenvalue weighted by Crippen LogP contribution is 2.19. The summed E-state index contributed by atoms with van der Waals surface area (Å²) in [6.45, 7) is 4.56. The first kappa shape index (κ1) is 16.6. The molecule has 0 saturated carbocycles. The molecule has 128 valence electrons. The molecular formula is C18H25N5O. The number of carbonyl (C=O) groups excluding carboxylic acids is 1. The molecule has 0 radical (unpaired) electrons. The summed E-state index contributed by atoms with van der Waals surface area (Å²) < 4.78 is 1.58. The first-order valence-corrected chi connectivity index (χ1v) is 8.64. The molecule has 0 aliphatic carbocycles. The predicted molar refractivity (Wildman–Crippen MR) is 92.2 cm³/mol. The van der Waals surface area contributed by atoms with Crippen molar-refractivity contribution in [1.29, 1.82) is 0 Å². The summed E-state index contributed by atoms with van der Waals surface area (Å²) in [6, 6.07) is 10.6. The standard InChI is InChI=1S/C18H25N5O/c1-15(23-14-19-13-21-23)18(24)20-11-17-9-5-6-10-22(17)12-16-7-3-2-4-8-16/h2-4,7-8,13-15,17H,5-6,9-12H2,1H3,(H,20,24)/t15-,17+/m0/s1. The minimum atomic E-state index is -0.335. The van der Waals surface area contributed by atoms with Crippen molar-refractivity contribution in [3.8, 4) is 0 Å². The van der Waals surface area contributed by atoms with Crippen molar-refractivity contribution < 1.29 is 4.79 Å². The van der Waals surface area contributed by atoms with Crippen LogP contribution in [-0.2, 0) is 11.3 Å². The minimum absolute atomic E-state index is 0.00858. The molecule has 6 heteroatoms. The lowest BCUT2D eigenvalue weighted by atomic mass is 10.0. The average Bonchev–Trinajstić information content (AvgIpc) is 3.15. The van der Waals surface area contributed by atoms with Gasteiger partial charge in [-0.1, -0.05) is 36.8 Å². The van der Waals surface area contributed by atoms with Gasteiger partial charge in [0.25, 0.3) is 0 Å². The summed E-state index contributed by atoms with van der Waals surface area (Å²) in [6.07, 6.45) is 6.61. The van der Waals surface area contributed by atoms with E-state index in [1.165, 1.54) is 24.7 Å². The zero-order chi connectivity index (χ0) is 16.8. The summed E-state index contributed by atoms with van der Waals surface area (Å²) in [5.41, 5.74) is 1.33. The van der Waals surface area contributed by atoms with Crippen molar-refractivity contribution in [1.82, 2.24) is 25.0 Å². The monoisotopic (exact) mass is 327 g/mol. The second kappa shape index (κ2) is 8.06. The van der Waals surface area contributed by atoms with E-state index in [9.17, 15) is 4.79 Å². The van der Waals surface area contributed by atoms with Gasteiger partial charge in [0.15, 0.2) is 0 Å². The first-order valence-electron chi connectivity index (χ1n) is 8.64. The second-order valence-electron chi connectivity index (χ2n) is 6.40. The van der Waals surface area contributed by atoms with Gasteiger partial charge in [0, 0.05) is 19.1 Å². The van der Waals surface area contributed by atoms with Crippen LogP contribution in [0, 0.1) is 0 Å². The van der Waals surface area contributed by atoms with E-state index >= 15 is 0 Å². The Hall–Kier alpha value is -2.21. The van der Waals surface area contributed by atoms with Crippen LogP contribution in [0.3, 0.4) is 0 Å². The number of piperidine rings is 1. The van der Waals surface area contributed by atoms with Gasteiger partial charge in [0.2, 0.25) is 5.91 Å². The maximum absolute atomic E-state index is 12.3. The Balaban J connectivity index is 1.55. The lowest BCUT2D eigenvalue weighted by Crippen LogP contribution is -2.47. The molecule has 2 atom stereocenters. The van der Waals surface area contributed by atoms with Gasteiger partial charge < -0.3 is 5.32 Å². The van der Waals surface area contributed by atoms with Crippen LogP contribution in [-0.4, -0.2) is 44.7 Å². The van der Waals surface area contributed by atoms with E-state index in [2.05, 4.69) is 44.6 Å². The maximum Gasteiger partial charge on any atom is 0.244 e. The van der Waals surface area contributed by atoms with Gasteiger partial charge in [-0.05, 0) is 31.9 Å². The van der Waals surface area contributed by atoms with Crippen LogP contribution in [0.25, 0.3) is 0 Å². The van der Waals surface area contributed by atoms with E-state index in [1.54, 1.807) is 11.0 Å². The first-order chi connectivity index (χ1) is 11.7. The molecule has 0 spiro atoms. The number of carbonyl (C=O) groups is 1. The van der Waals surface area contributed by atoms with Gasteiger partial charge in [0.1, 0.15) is 18.7 Å². The number of hydrogen-bond donors (Lipinski definition) is 1. The topological polar surface area (TPSA) is 63.1 Å². The Morgan fingerprint density at radius 2 is 2.17 bits per heavy atom. The van der Waals surface area contributed by atoms with Crippen LogP contribution in [0.15, 0.2) is 43.0 Å². The average molecular weight is 327 g/mol. The predicted octanol–water partition coefficient (Wildman–Crippen LogP) is 2.01. The number of nitrogens with zero attached hydrogens (tertiary/aromatic N) is 4. The summed E-state index contributed by atoms with van der Waals surface area (Å²) in [5.74, 6) is -0.00858. The molecule has 0 unspecified atom stereocenters. The Kier molecular flexibility index (Phi) is 5.59. The second-order valence-corrected chi connectivity index (χ2v) is 6.40. The van der Waals surface area contributed by atoms with Crippen molar-refractivity contribution in [3.05, 3.63) is 48.5 Å². The SMILES string of the molecule is C[C@@H](C(=O)NC[C@H]1CCCCN1Cc1ccccc1)n1cncn1. The Bertz CT molecular complexity index is 628. The van der Waals surface area contributed by atoms with Crippen LogP contribution in [0.2, 0.25) is 0 Å². The van der Waals surface area contributed by atoms with E-state index in [1.807, 2.05) is 13.0 Å². The lowest BCUT2D eigenvalue weighted by molar-refractivity contribution is -0.124. The molecular weight excluding hydrogens is 302 g/mol. The summed E-state index contributed by atoms with van der Waals surface area (Å²) in [5, 5.41) is 7.12. The number of nitrogens with one attached hydrogen (secondary N) is 1. The summed E-state index contributed by atoms with van der Waals surface area (Å²) in [4.78, 5) is 18.7. The fourth-order valence-corrected chi connectivity index (χ4v) is 3.22. The third-order valence-corrected chi connectivity index (χ3v) is 4.70. The smallest absolute Gasteiger partial charge is 0.244 e. The Morgan fingerprint density at radius 1 is 1.33 bits per heavy atom. The van der Waals surface area contributed by atoms with Gasteiger partial charge in [-0.25, -0.2) is 9.67 Å². The van der Waals surface area contributed by atoms with Crippen LogP contribution in [0.4, 0.5) is 0 Å². The van der Waals surface area contributed by atoms with E-state index in [0.717, 1.165) is 19.5 Å². The highest BCUT2D eigenvalue weighted by Gasteiger charge is 2.24. The van der Waals surface area contributed by atoms with Gasteiger partial charge >= 0.3 is 0 Å². The van der Waals surface area contributed by atoms with Gasteiger partial charge in [-0.3, -0.25) is 9.69 Å². The van der Waals surface area contributed by atoms with Crippen molar-refractivity contribution in [2.24, 2.45) is 0 Å². The lowest BCUT2D eigenvalue weighted by Gasteiger charge is -2.36. The number of rotatable bonds is 6. The summed E-state index contributed by atoms with van der Waals surface area (Å²) >= 11 is 0. The van der Waals surface area contributed by atoms with E-state index in [0.29, 0.717) is 12.6 Å². The molecule has 0 bridgehead atoms. The van der Waals surface area contributed by atoms with Crippen LogP contribution in [0.5, 0.6) is 0 Å². The molecule has 1 saturated heterocycles. The van der Waals surface area contributed by atoms with Crippen molar-refractivity contribution in [3.63, 3.8) is 0 Å². The van der Waals surface area contributed by atoms with Crippen LogP contribution >= 0.6 is 0 Å². The van der Waals surface area contributed by atoms with Gasteiger partial charge in [-0.15, -0.1) is 0 Å². The number of likely N-dealkylation sites (tertiary alicyclic amines) is 1. The normalized spacial score (nSPS) is 19.8. The molecule has 1 aliphatic rings. The van der Waals surface area contributed by atoms with Crippen molar-refractivity contribution in [2.75, 3.05) is 13.1 Å². The van der Waals surface area contributed by atoms with Crippen LogP contribution < -0.4 is 5.32 Å². The summed E-state index contributed by atoms with van der Waals surface area (Å²) in [7, 11) is 0. The third kappa shape index (κ3) is 4.20. The van der Waals surface area contributed by atoms with E-state index in [4.69, 9.17) is 0 Å². The highest BCUT2D eigenvalue weighted by molar-refractivity contribution is 5.79. The molecule has 1 amide bonds. The van der Waals surface area contributed by atoms with Gasteiger partial charge in [-0.2, -0.15) is 5.10 Å². The van der Waals surface area contributed by atoms with Crippen LogP contribution in [0.1, 0.15) is 37.8 Å². The molecule has 3 rings (SSSR count). The number of benzene rings is 1. The molecule has 1 N–H and O–H groups in total. The van der Waals surface area contributed by atoms with E-state index in [-0.39, 0.29) is 11.9 Å². The zero-order valence-corrected chi connectivity index (χ0v) is 14.1. The highest BCUT2D eigenvalue weighted by atomic mass is 16.2. The number of amides is 1. The number of hydrogen-bond acceptors (Lipinski definition) is 4. The molecule has 24 heavy (non-hydrogen) atoms. The fourth-order valence-electron chi connectivity index (χ4n) is 3.22. The molecule has 6 nitrogen and oxygen atoms in total. The molecule has 2 aromatic rings. The molecule has 1 aromatic carbocycles. The van der Waals surface area contributed by atoms with Gasteiger partial charge in [0.05, 0.1) is 0 Å². The quantitative estimate of drug-likeness (QED) is 0.881. The van der Waals surface area contributed by atoms with Crippen molar-refractivity contribution >= 4 is 5.91 Å². The fraction of sp³-hybridized carbons (Fsp3) is 0.500. The van der Waals surface area contributed by atoms with E-state index < -0.39 is 0 Å². The molecule has 1 aromatic heterocycles. The largest absolute Gasteiger partial charge is 0.353 e. The minimum Gasteiger partial charge on any atom is -0.353 e. The molecule has 2 heterocycles. The molecule has 1 fully saturated rings.